The van der Waals surface area contributed by atoms with Gasteiger partial charge in [-0.1, -0.05) is 41.4 Å². The van der Waals surface area contributed by atoms with E-state index in [1.807, 2.05) is 0 Å². The van der Waals surface area contributed by atoms with Crippen LogP contribution in [0.4, 0.5) is 11.4 Å². The molecule has 0 aromatic heterocycles. The number of nitrogens with one attached hydrogen (secondary N) is 1. The highest BCUT2D eigenvalue weighted by atomic mass is 79.9. The molecule has 1 N–H and O–H groups in total. The van der Waals surface area contributed by atoms with Gasteiger partial charge < -0.3 is 18.9 Å². The van der Waals surface area contributed by atoms with Crippen molar-refractivity contribution in [3.8, 4) is 23.0 Å². The maximum absolute atomic E-state index is 13.9. The SMILES string of the molecule is COc1ccc(N(CC(=O)N/N=C/c2cc(Br)c(OCc3ccc(Cl)cc3Cl)c(OC)c2)S(=O)(=O)c2ccccc2[N+](=O)[O-])c(OC)c1. The zero-order valence-electron chi connectivity index (χ0n) is 25.5. The number of carbonyl (C=O) groups excluding carboxylic acids is 1. The Bertz CT molecular complexity index is 1980. The Hall–Kier alpha value is -4.57. The molecule has 0 radical (unpaired) electrons. The molecule has 4 aromatic rings. The number of methoxy groups -OCH3 is 3. The molecule has 0 bridgehead atoms. The van der Waals surface area contributed by atoms with Crippen LogP contribution in [0.3, 0.4) is 0 Å². The molecule has 0 aliphatic carbocycles. The van der Waals surface area contributed by atoms with Crippen molar-refractivity contribution < 1.29 is 37.1 Å². The van der Waals surface area contributed by atoms with E-state index in [1.165, 1.54) is 57.9 Å². The standard InChI is InChI=1S/C31H27BrCl2N4O9S/c1-44-22-10-11-25(27(15-22)45-2)37(48(42,43)29-7-5-4-6-26(29)38(40)41)17-30(39)36-35-16-19-12-23(32)31(28(13-19)46-3)47-18-20-8-9-21(33)14-24(20)34/h4-16H,17-18H2,1-3H3,(H,36,39)/b35-16+. The number of para-hydroxylation sites is 1. The first-order chi connectivity index (χ1) is 22.9. The van der Waals surface area contributed by atoms with Crippen molar-refractivity contribution in [3.05, 3.63) is 109 Å². The summed E-state index contributed by atoms with van der Waals surface area (Å²) >= 11 is 15.7. The summed E-state index contributed by atoms with van der Waals surface area (Å²) < 4.78 is 51.0. The molecule has 0 unspecified atom stereocenters. The number of nitro benzene ring substituents is 1. The Balaban J connectivity index is 1.58. The first-order valence-corrected chi connectivity index (χ1v) is 16.6. The lowest BCUT2D eigenvalue weighted by molar-refractivity contribution is -0.387. The van der Waals surface area contributed by atoms with Gasteiger partial charge in [0.05, 0.1) is 42.6 Å². The average Bonchev–Trinajstić information content (AvgIpc) is 3.06. The summed E-state index contributed by atoms with van der Waals surface area (Å²) in [6.45, 7) is -0.694. The van der Waals surface area contributed by atoms with Gasteiger partial charge in [-0.15, -0.1) is 0 Å². The van der Waals surface area contributed by atoms with E-state index in [1.54, 1.807) is 30.3 Å². The fourth-order valence-corrected chi connectivity index (χ4v) is 6.95. The number of amides is 1. The molecule has 13 nitrogen and oxygen atoms in total. The number of carbonyl (C=O) groups is 1. The summed E-state index contributed by atoms with van der Waals surface area (Å²) in [5.74, 6) is 0.242. The fourth-order valence-electron chi connectivity index (χ4n) is 4.32. The Morgan fingerprint density at radius 2 is 1.73 bits per heavy atom. The maximum Gasteiger partial charge on any atom is 0.289 e. The second-order valence-electron chi connectivity index (χ2n) is 9.63. The van der Waals surface area contributed by atoms with Gasteiger partial charge in [-0.25, -0.2) is 13.8 Å². The third kappa shape index (κ3) is 8.47. The molecule has 4 rings (SSSR count). The van der Waals surface area contributed by atoms with Crippen molar-refractivity contribution in [1.82, 2.24) is 5.43 Å². The van der Waals surface area contributed by atoms with Gasteiger partial charge in [0.2, 0.25) is 0 Å². The fraction of sp³-hybridized carbons (Fsp3) is 0.161. The first kappa shape index (κ1) is 36.3. The van der Waals surface area contributed by atoms with E-state index in [0.29, 0.717) is 47.2 Å². The lowest BCUT2D eigenvalue weighted by Gasteiger charge is -2.25. The second kappa shape index (κ2) is 16.0. The monoisotopic (exact) mass is 780 g/mol. The van der Waals surface area contributed by atoms with E-state index in [2.05, 4.69) is 26.5 Å². The number of ether oxygens (including phenoxy) is 4. The van der Waals surface area contributed by atoms with E-state index < -0.39 is 38.0 Å². The molecule has 0 aliphatic heterocycles. The van der Waals surface area contributed by atoms with Crippen molar-refractivity contribution in [1.29, 1.82) is 0 Å². The van der Waals surface area contributed by atoms with Crippen LogP contribution >= 0.6 is 39.1 Å². The summed E-state index contributed by atoms with van der Waals surface area (Å²) in [5, 5.41) is 16.6. The summed E-state index contributed by atoms with van der Waals surface area (Å²) in [4.78, 5) is 23.4. The number of sulfonamides is 1. The highest BCUT2D eigenvalue weighted by Crippen LogP contribution is 2.38. The molecular formula is C31H27BrCl2N4O9S. The third-order valence-corrected chi connectivity index (χ3v) is 9.60. The molecule has 0 spiro atoms. The summed E-state index contributed by atoms with van der Waals surface area (Å²) in [5.41, 5.74) is 2.74. The number of hydrogen-bond acceptors (Lipinski definition) is 10. The molecule has 0 heterocycles. The predicted octanol–water partition coefficient (Wildman–Crippen LogP) is 6.61. The normalized spacial score (nSPS) is 11.2. The number of rotatable bonds is 14. The second-order valence-corrected chi connectivity index (χ2v) is 13.2. The van der Waals surface area contributed by atoms with Gasteiger partial charge in [0, 0.05) is 27.7 Å². The van der Waals surface area contributed by atoms with Crippen molar-refractivity contribution in [2.45, 2.75) is 11.5 Å². The number of hydrogen-bond donors (Lipinski definition) is 1. The molecule has 0 saturated carbocycles. The van der Waals surface area contributed by atoms with Crippen LogP contribution in [0.15, 0.2) is 87.3 Å². The molecular weight excluding hydrogens is 755 g/mol. The van der Waals surface area contributed by atoms with Crippen LogP contribution in [0.1, 0.15) is 11.1 Å². The van der Waals surface area contributed by atoms with E-state index in [4.69, 9.17) is 42.1 Å². The number of halogens is 3. The Morgan fingerprint density at radius 3 is 2.40 bits per heavy atom. The Labute approximate surface area is 294 Å². The molecule has 0 fully saturated rings. The molecule has 4 aromatic carbocycles. The van der Waals surface area contributed by atoms with Gasteiger partial charge in [-0.3, -0.25) is 19.2 Å². The van der Waals surface area contributed by atoms with Crippen LogP contribution in [-0.2, 0) is 21.4 Å². The Morgan fingerprint density at radius 1 is 1.00 bits per heavy atom. The van der Waals surface area contributed by atoms with Gasteiger partial charge in [0.15, 0.2) is 16.4 Å². The van der Waals surface area contributed by atoms with E-state index in [-0.39, 0.29) is 18.0 Å². The van der Waals surface area contributed by atoms with Crippen LogP contribution in [0, 0.1) is 10.1 Å². The molecule has 0 atom stereocenters. The van der Waals surface area contributed by atoms with Crippen molar-refractivity contribution in [3.63, 3.8) is 0 Å². The first-order valence-electron chi connectivity index (χ1n) is 13.6. The van der Waals surface area contributed by atoms with Crippen molar-refractivity contribution in [2.24, 2.45) is 5.10 Å². The summed E-state index contributed by atoms with van der Waals surface area (Å²) in [7, 11) is -0.537. The van der Waals surface area contributed by atoms with Crippen LogP contribution in [0.2, 0.25) is 10.0 Å². The van der Waals surface area contributed by atoms with Gasteiger partial charge in [0.1, 0.15) is 24.7 Å². The molecule has 48 heavy (non-hydrogen) atoms. The van der Waals surface area contributed by atoms with Crippen molar-refractivity contribution >= 4 is 72.7 Å². The average molecular weight is 782 g/mol. The van der Waals surface area contributed by atoms with Crippen LogP contribution in [0.25, 0.3) is 0 Å². The number of nitro groups is 1. The van der Waals surface area contributed by atoms with Crippen LogP contribution in [-0.4, -0.2) is 53.3 Å². The van der Waals surface area contributed by atoms with Crippen LogP contribution < -0.4 is 28.7 Å². The summed E-state index contributed by atoms with van der Waals surface area (Å²) in [6, 6.07) is 17.3. The van der Waals surface area contributed by atoms with Gasteiger partial charge in [-0.2, -0.15) is 5.10 Å². The molecule has 252 valence electrons. The van der Waals surface area contributed by atoms with Gasteiger partial charge in [0.25, 0.3) is 21.6 Å². The number of hydrazone groups is 1. The van der Waals surface area contributed by atoms with Gasteiger partial charge in [-0.05, 0) is 64.0 Å². The number of benzene rings is 4. The third-order valence-electron chi connectivity index (χ3n) is 6.61. The topological polar surface area (TPSA) is 159 Å². The van der Waals surface area contributed by atoms with Crippen molar-refractivity contribution in [2.75, 3.05) is 32.2 Å². The minimum atomic E-state index is -4.70. The zero-order chi connectivity index (χ0) is 35.0. The van der Waals surface area contributed by atoms with Crippen LogP contribution in [0.5, 0.6) is 23.0 Å². The molecule has 0 saturated heterocycles. The smallest absolute Gasteiger partial charge is 0.289 e. The van der Waals surface area contributed by atoms with Gasteiger partial charge >= 0.3 is 0 Å². The minimum Gasteiger partial charge on any atom is -0.497 e. The highest BCUT2D eigenvalue weighted by Gasteiger charge is 2.34. The largest absolute Gasteiger partial charge is 0.497 e. The predicted molar refractivity (Wildman–Crippen MR) is 184 cm³/mol. The van der Waals surface area contributed by atoms with E-state index in [9.17, 15) is 23.3 Å². The maximum atomic E-state index is 13.9. The lowest BCUT2D eigenvalue weighted by Crippen LogP contribution is -2.40. The number of anilines is 1. The number of nitrogens with zero attached hydrogens (tertiary/aromatic N) is 3. The quantitative estimate of drug-likeness (QED) is 0.0844. The summed E-state index contributed by atoms with van der Waals surface area (Å²) in [6.07, 6.45) is 1.31. The zero-order valence-corrected chi connectivity index (χ0v) is 29.4. The molecule has 0 aliphatic rings. The molecule has 17 heteroatoms. The molecule has 1 amide bonds. The Kier molecular flexibility index (Phi) is 12.1. The highest BCUT2D eigenvalue weighted by molar-refractivity contribution is 9.10. The lowest BCUT2D eigenvalue weighted by atomic mass is 10.2. The van der Waals surface area contributed by atoms with E-state index in [0.717, 1.165) is 12.1 Å². The minimum absolute atomic E-state index is 0.0328. The van der Waals surface area contributed by atoms with E-state index >= 15 is 0 Å².